The number of Topliss-reactive ketones (excluding diaryl/α,β-unsaturated/α-hetero) is 1. The molecule has 0 saturated carbocycles. The average molecular weight is 136 g/mol. The Hall–Kier alpha value is -1.38. The van der Waals surface area contributed by atoms with E-state index >= 15 is 0 Å². The standard InChI is InChI=1S/C7H4O3/c8-5-1-2-10-7-4(5)3-6(7)9/h1-2H,3H2. The second kappa shape index (κ2) is 1.56. The predicted octanol–water partition coefficient (Wildman–Crippen LogP) is 0.379. The Kier molecular flexibility index (Phi) is 0.845. The highest BCUT2D eigenvalue weighted by Crippen LogP contribution is 2.17. The predicted molar refractivity (Wildman–Crippen MR) is 33.0 cm³/mol. The lowest BCUT2D eigenvalue weighted by Gasteiger charge is -2.11. The summed E-state index contributed by atoms with van der Waals surface area (Å²) in [6.07, 6.45) is 1.50. The van der Waals surface area contributed by atoms with Crippen LogP contribution in [0.3, 0.4) is 0 Å². The van der Waals surface area contributed by atoms with Gasteiger partial charge < -0.3 is 4.42 Å². The smallest absolute Gasteiger partial charge is 0.203 e. The van der Waals surface area contributed by atoms with Crippen molar-refractivity contribution in [3.8, 4) is 0 Å². The van der Waals surface area contributed by atoms with Crippen LogP contribution in [-0.2, 0) is 6.42 Å². The number of hydrogen-bond donors (Lipinski definition) is 0. The summed E-state index contributed by atoms with van der Waals surface area (Å²) in [7, 11) is 0. The van der Waals surface area contributed by atoms with E-state index in [2.05, 4.69) is 0 Å². The maximum atomic E-state index is 10.8. The van der Waals surface area contributed by atoms with E-state index in [-0.39, 0.29) is 23.4 Å². The van der Waals surface area contributed by atoms with Gasteiger partial charge in [0.25, 0.3) is 0 Å². The molecule has 50 valence electrons. The number of ketones is 1. The van der Waals surface area contributed by atoms with Crippen molar-refractivity contribution in [2.75, 3.05) is 0 Å². The summed E-state index contributed by atoms with van der Waals surface area (Å²) in [6.45, 7) is 0. The van der Waals surface area contributed by atoms with Crippen molar-refractivity contribution in [3.63, 3.8) is 0 Å². The Bertz CT molecular complexity index is 348. The Morgan fingerprint density at radius 1 is 1.40 bits per heavy atom. The van der Waals surface area contributed by atoms with Gasteiger partial charge in [0.15, 0.2) is 11.2 Å². The summed E-state index contributed by atoms with van der Waals surface area (Å²) in [5.41, 5.74) is 0.424. The van der Waals surface area contributed by atoms with Crippen LogP contribution in [0.25, 0.3) is 0 Å². The van der Waals surface area contributed by atoms with Crippen molar-refractivity contribution >= 4 is 5.78 Å². The molecule has 1 aliphatic rings. The third-order valence-electron chi connectivity index (χ3n) is 1.57. The Morgan fingerprint density at radius 2 is 2.20 bits per heavy atom. The van der Waals surface area contributed by atoms with Crippen LogP contribution in [0.5, 0.6) is 0 Å². The molecule has 1 heterocycles. The Labute approximate surface area is 56.3 Å². The summed E-state index contributed by atoms with van der Waals surface area (Å²) in [6, 6.07) is 1.32. The number of carbonyl (C=O) groups excluding carboxylic acids is 1. The van der Waals surface area contributed by atoms with Gasteiger partial charge in [-0.2, -0.15) is 0 Å². The normalized spacial score (nSPS) is 14.2. The molecule has 0 amide bonds. The molecule has 0 aromatic carbocycles. The van der Waals surface area contributed by atoms with Crippen molar-refractivity contribution in [1.29, 1.82) is 0 Å². The highest BCUT2D eigenvalue weighted by atomic mass is 16.3. The first-order valence-corrected chi connectivity index (χ1v) is 2.93. The molecule has 3 heteroatoms. The van der Waals surface area contributed by atoms with E-state index in [0.717, 1.165) is 0 Å². The summed E-state index contributed by atoms with van der Waals surface area (Å²) in [5, 5.41) is 0. The second-order valence-electron chi connectivity index (χ2n) is 2.19. The highest BCUT2D eigenvalue weighted by Gasteiger charge is 2.28. The molecule has 1 aliphatic carbocycles. The summed E-state index contributed by atoms with van der Waals surface area (Å²) in [4.78, 5) is 21.5. The molecular formula is C7H4O3. The van der Waals surface area contributed by atoms with Crippen LogP contribution in [0.2, 0.25) is 0 Å². The highest BCUT2D eigenvalue weighted by molar-refractivity contribution is 6.03. The molecule has 1 aromatic rings. The molecule has 0 radical (unpaired) electrons. The molecule has 0 atom stereocenters. The van der Waals surface area contributed by atoms with Gasteiger partial charge in [0.2, 0.25) is 5.78 Å². The SMILES string of the molecule is O=C1Cc2c1occc2=O. The molecule has 0 N–H and O–H groups in total. The first-order valence-electron chi connectivity index (χ1n) is 2.93. The van der Waals surface area contributed by atoms with Crippen molar-refractivity contribution in [3.05, 3.63) is 33.9 Å². The van der Waals surface area contributed by atoms with Gasteiger partial charge in [-0.15, -0.1) is 0 Å². The largest absolute Gasteiger partial charge is 0.461 e. The van der Waals surface area contributed by atoms with E-state index in [0.29, 0.717) is 5.56 Å². The number of carbonyl (C=O) groups is 1. The van der Waals surface area contributed by atoms with Crippen LogP contribution in [0, 0.1) is 0 Å². The number of fused-ring (bicyclic) bond motifs is 1. The zero-order valence-electron chi connectivity index (χ0n) is 5.09. The first-order chi connectivity index (χ1) is 4.79. The maximum Gasteiger partial charge on any atom is 0.203 e. The fourth-order valence-corrected chi connectivity index (χ4v) is 0.983. The monoisotopic (exact) mass is 136 g/mol. The summed E-state index contributed by atoms with van der Waals surface area (Å²) in [5.74, 6) is 0.167. The lowest BCUT2D eigenvalue weighted by Crippen LogP contribution is -2.26. The van der Waals surface area contributed by atoms with Gasteiger partial charge in [0, 0.05) is 12.5 Å². The van der Waals surface area contributed by atoms with Crippen molar-refractivity contribution in [1.82, 2.24) is 0 Å². The third kappa shape index (κ3) is 0.492. The zero-order valence-corrected chi connectivity index (χ0v) is 5.09. The van der Waals surface area contributed by atoms with Gasteiger partial charge in [0.05, 0.1) is 11.8 Å². The molecular weight excluding hydrogens is 132 g/mol. The molecule has 0 spiro atoms. The number of rotatable bonds is 0. The van der Waals surface area contributed by atoms with Crippen LogP contribution in [-0.4, -0.2) is 5.78 Å². The quantitative estimate of drug-likeness (QED) is 0.518. The van der Waals surface area contributed by atoms with Crippen LogP contribution in [0.1, 0.15) is 16.1 Å². The van der Waals surface area contributed by atoms with Gasteiger partial charge in [0.1, 0.15) is 0 Å². The number of hydrogen-bond acceptors (Lipinski definition) is 3. The van der Waals surface area contributed by atoms with E-state index in [9.17, 15) is 9.59 Å². The molecule has 0 fully saturated rings. The van der Waals surface area contributed by atoms with Gasteiger partial charge in [-0.05, 0) is 0 Å². The van der Waals surface area contributed by atoms with Crippen LogP contribution < -0.4 is 5.43 Å². The molecule has 0 bridgehead atoms. The summed E-state index contributed by atoms with van der Waals surface area (Å²) < 4.78 is 4.79. The zero-order chi connectivity index (χ0) is 7.14. The topological polar surface area (TPSA) is 47.3 Å². The van der Waals surface area contributed by atoms with E-state index in [1.165, 1.54) is 12.3 Å². The minimum absolute atomic E-state index is 0.0762. The summed E-state index contributed by atoms with van der Waals surface area (Å²) >= 11 is 0. The molecule has 2 rings (SSSR count). The lowest BCUT2D eigenvalue weighted by molar-refractivity contribution is 0.0928. The fraction of sp³-hybridized carbons (Fsp3) is 0.143. The maximum absolute atomic E-state index is 10.8. The molecule has 0 saturated heterocycles. The van der Waals surface area contributed by atoms with E-state index in [1.54, 1.807) is 0 Å². The van der Waals surface area contributed by atoms with Gasteiger partial charge in [-0.1, -0.05) is 0 Å². The molecule has 0 aliphatic heterocycles. The van der Waals surface area contributed by atoms with Crippen LogP contribution >= 0.6 is 0 Å². The third-order valence-corrected chi connectivity index (χ3v) is 1.57. The van der Waals surface area contributed by atoms with Crippen LogP contribution in [0.4, 0.5) is 0 Å². The van der Waals surface area contributed by atoms with Crippen molar-refractivity contribution < 1.29 is 9.21 Å². The van der Waals surface area contributed by atoms with Gasteiger partial charge in [-0.3, -0.25) is 9.59 Å². The van der Waals surface area contributed by atoms with Gasteiger partial charge in [-0.25, -0.2) is 0 Å². The average Bonchev–Trinajstić information content (AvgIpc) is 1.91. The van der Waals surface area contributed by atoms with Crippen molar-refractivity contribution in [2.24, 2.45) is 0 Å². The van der Waals surface area contributed by atoms with E-state index < -0.39 is 0 Å². The fourth-order valence-electron chi connectivity index (χ4n) is 0.983. The first kappa shape index (κ1) is 5.41. The van der Waals surface area contributed by atoms with Crippen LogP contribution in [0.15, 0.2) is 21.5 Å². The van der Waals surface area contributed by atoms with Crippen molar-refractivity contribution in [2.45, 2.75) is 6.42 Å². The van der Waals surface area contributed by atoms with E-state index in [1.807, 2.05) is 0 Å². The molecule has 3 nitrogen and oxygen atoms in total. The second-order valence-corrected chi connectivity index (χ2v) is 2.19. The Balaban J connectivity index is 2.78. The molecule has 0 unspecified atom stereocenters. The minimum atomic E-state index is -0.0964. The molecule has 10 heavy (non-hydrogen) atoms. The van der Waals surface area contributed by atoms with Gasteiger partial charge >= 0.3 is 0 Å². The van der Waals surface area contributed by atoms with E-state index in [4.69, 9.17) is 4.42 Å². The Morgan fingerprint density at radius 3 is 2.80 bits per heavy atom. The lowest BCUT2D eigenvalue weighted by atomic mass is 9.94. The molecule has 1 aromatic heterocycles. The minimum Gasteiger partial charge on any atom is -0.461 e.